The number of anilines is 2. The van der Waals surface area contributed by atoms with Crippen LogP contribution in [0.25, 0.3) is 0 Å². The number of carbonyl (C=O) groups excluding carboxylic acids is 3. The molecule has 0 bridgehead atoms. The normalized spacial score (nSPS) is 23.0. The summed E-state index contributed by atoms with van der Waals surface area (Å²) in [6.07, 6.45) is -0.787. The first kappa shape index (κ1) is 23.0. The van der Waals surface area contributed by atoms with Gasteiger partial charge in [-0.1, -0.05) is 0 Å². The molecule has 3 aliphatic rings. The Morgan fingerprint density at radius 1 is 1.12 bits per heavy atom. The van der Waals surface area contributed by atoms with Crippen LogP contribution >= 0.6 is 0 Å². The number of benzene rings is 1. The van der Waals surface area contributed by atoms with Gasteiger partial charge in [0.05, 0.1) is 32.0 Å². The van der Waals surface area contributed by atoms with E-state index in [2.05, 4.69) is 10.6 Å². The minimum absolute atomic E-state index is 0.0421. The van der Waals surface area contributed by atoms with Crippen LogP contribution < -0.4 is 20.4 Å². The zero-order valence-corrected chi connectivity index (χ0v) is 18.3. The van der Waals surface area contributed by atoms with Crippen molar-refractivity contribution in [2.75, 3.05) is 62.3 Å². The van der Waals surface area contributed by atoms with Crippen molar-refractivity contribution in [3.8, 4) is 0 Å². The quantitative estimate of drug-likeness (QED) is 0.671. The number of morpholine rings is 1. The van der Waals surface area contributed by atoms with E-state index in [0.717, 1.165) is 17.0 Å². The molecule has 0 aliphatic carbocycles. The number of halogens is 2. The van der Waals surface area contributed by atoms with E-state index in [1.54, 1.807) is 9.80 Å². The minimum Gasteiger partial charge on any atom is -0.442 e. The zero-order chi connectivity index (χ0) is 23.5. The Bertz CT molecular complexity index is 903. The molecule has 3 heterocycles. The van der Waals surface area contributed by atoms with E-state index in [1.165, 1.54) is 6.92 Å². The minimum atomic E-state index is -0.803. The molecule has 1 aromatic rings. The summed E-state index contributed by atoms with van der Waals surface area (Å²) in [5, 5.41) is 5.47. The monoisotopic (exact) mass is 467 g/mol. The molecule has 10 nitrogen and oxygen atoms in total. The number of carbonyl (C=O) groups is 3. The molecule has 0 aromatic heterocycles. The third-order valence-electron chi connectivity index (χ3n) is 5.90. The van der Waals surface area contributed by atoms with Gasteiger partial charge in [0.1, 0.15) is 11.8 Å². The first-order valence-electron chi connectivity index (χ1n) is 10.9. The Labute approximate surface area is 189 Å². The third kappa shape index (κ3) is 5.27. The molecule has 0 spiro atoms. The number of amides is 4. The van der Waals surface area contributed by atoms with E-state index in [-0.39, 0.29) is 49.0 Å². The second-order valence-corrected chi connectivity index (χ2v) is 8.29. The lowest BCUT2D eigenvalue weighted by molar-refractivity contribution is -0.119. The van der Waals surface area contributed by atoms with Crippen LogP contribution in [0.3, 0.4) is 0 Å². The molecule has 0 radical (unpaired) electrons. The first-order valence-corrected chi connectivity index (χ1v) is 10.9. The van der Waals surface area contributed by atoms with Gasteiger partial charge >= 0.3 is 12.1 Å². The molecule has 2 atom stereocenters. The van der Waals surface area contributed by atoms with Gasteiger partial charge in [0.15, 0.2) is 11.6 Å². The number of hydrogen-bond donors (Lipinski definition) is 2. The number of rotatable bonds is 5. The number of urea groups is 1. The molecule has 0 saturated carbocycles. The average Bonchev–Trinajstić information content (AvgIpc) is 3.38. The number of ether oxygens (including phenoxy) is 2. The summed E-state index contributed by atoms with van der Waals surface area (Å²) in [4.78, 5) is 39.9. The van der Waals surface area contributed by atoms with Gasteiger partial charge in [-0.2, -0.15) is 0 Å². The van der Waals surface area contributed by atoms with Crippen LogP contribution in [-0.4, -0.2) is 87.6 Å². The fourth-order valence-corrected chi connectivity index (χ4v) is 4.22. The van der Waals surface area contributed by atoms with E-state index in [9.17, 15) is 23.2 Å². The molecule has 12 heteroatoms. The second kappa shape index (κ2) is 9.77. The fourth-order valence-electron chi connectivity index (χ4n) is 4.22. The van der Waals surface area contributed by atoms with E-state index in [0.29, 0.717) is 39.3 Å². The average molecular weight is 467 g/mol. The number of hydrogen-bond acceptors (Lipinski definition) is 6. The second-order valence-electron chi connectivity index (χ2n) is 8.29. The van der Waals surface area contributed by atoms with Gasteiger partial charge in [-0.3, -0.25) is 9.69 Å². The predicted octanol–water partition coefficient (Wildman–Crippen LogP) is 1.05. The summed E-state index contributed by atoms with van der Waals surface area (Å²) < 4.78 is 40.3. The summed E-state index contributed by atoms with van der Waals surface area (Å²) in [6.45, 7) is 4.18. The van der Waals surface area contributed by atoms with Gasteiger partial charge in [-0.15, -0.1) is 0 Å². The third-order valence-corrected chi connectivity index (χ3v) is 5.90. The van der Waals surface area contributed by atoms with Crippen LogP contribution in [0, 0.1) is 11.6 Å². The van der Waals surface area contributed by atoms with Crippen molar-refractivity contribution in [2.45, 2.75) is 25.5 Å². The van der Waals surface area contributed by atoms with E-state index < -0.39 is 23.8 Å². The van der Waals surface area contributed by atoms with Crippen molar-refractivity contribution in [3.05, 3.63) is 23.8 Å². The van der Waals surface area contributed by atoms with Gasteiger partial charge in [0, 0.05) is 51.3 Å². The molecule has 1 aromatic carbocycles. The summed E-state index contributed by atoms with van der Waals surface area (Å²) >= 11 is 0. The van der Waals surface area contributed by atoms with Crippen molar-refractivity contribution in [1.82, 2.24) is 15.5 Å². The van der Waals surface area contributed by atoms with Crippen LogP contribution in [-0.2, 0) is 14.3 Å². The van der Waals surface area contributed by atoms with Crippen molar-refractivity contribution >= 4 is 29.4 Å². The molecule has 3 aliphatic heterocycles. The van der Waals surface area contributed by atoms with Crippen molar-refractivity contribution in [3.63, 3.8) is 0 Å². The summed E-state index contributed by atoms with van der Waals surface area (Å²) in [6, 6.07) is 1.75. The van der Waals surface area contributed by atoms with E-state index in [4.69, 9.17) is 9.47 Å². The summed E-state index contributed by atoms with van der Waals surface area (Å²) in [7, 11) is 0. The van der Waals surface area contributed by atoms with Crippen LogP contribution in [0.1, 0.15) is 13.3 Å². The maximum Gasteiger partial charge on any atom is 0.414 e. The smallest absolute Gasteiger partial charge is 0.414 e. The molecular weight excluding hydrogens is 440 g/mol. The Kier molecular flexibility index (Phi) is 6.82. The van der Waals surface area contributed by atoms with Crippen LogP contribution in [0.15, 0.2) is 12.1 Å². The summed E-state index contributed by atoms with van der Waals surface area (Å²) in [5.74, 6) is -1.87. The highest BCUT2D eigenvalue weighted by atomic mass is 19.1. The first-order chi connectivity index (χ1) is 15.8. The SMILES string of the molecule is CC(=O)NC[C@H]1CN(c2cc(F)c(N3CCC(NC(=O)N4CCOCC4)C3)c(F)c2)C(=O)O1. The Morgan fingerprint density at radius 2 is 1.82 bits per heavy atom. The maximum atomic E-state index is 14.9. The van der Waals surface area contributed by atoms with Gasteiger partial charge in [-0.05, 0) is 6.42 Å². The van der Waals surface area contributed by atoms with E-state index >= 15 is 0 Å². The van der Waals surface area contributed by atoms with Crippen LogP contribution in [0.5, 0.6) is 0 Å². The Morgan fingerprint density at radius 3 is 2.48 bits per heavy atom. The summed E-state index contributed by atoms with van der Waals surface area (Å²) in [5.41, 5.74) is -0.148. The Hall–Kier alpha value is -3.15. The Balaban J connectivity index is 1.39. The highest BCUT2D eigenvalue weighted by molar-refractivity contribution is 5.90. The highest BCUT2D eigenvalue weighted by Gasteiger charge is 2.35. The van der Waals surface area contributed by atoms with E-state index in [1.807, 2.05) is 0 Å². The molecule has 4 rings (SSSR count). The highest BCUT2D eigenvalue weighted by Crippen LogP contribution is 2.32. The maximum absolute atomic E-state index is 14.9. The van der Waals surface area contributed by atoms with Gasteiger partial charge < -0.3 is 29.9 Å². The zero-order valence-electron chi connectivity index (χ0n) is 18.3. The number of cyclic esters (lactones) is 1. The van der Waals surface area contributed by atoms with Gasteiger partial charge in [0.2, 0.25) is 5.91 Å². The van der Waals surface area contributed by atoms with Crippen LogP contribution in [0.4, 0.5) is 29.7 Å². The molecule has 3 fully saturated rings. The van der Waals surface area contributed by atoms with Crippen molar-refractivity contribution in [1.29, 1.82) is 0 Å². The largest absolute Gasteiger partial charge is 0.442 e. The lowest BCUT2D eigenvalue weighted by atomic mass is 10.2. The van der Waals surface area contributed by atoms with Crippen molar-refractivity contribution < 1.29 is 32.6 Å². The fraction of sp³-hybridized carbons (Fsp3) is 0.571. The topological polar surface area (TPSA) is 103 Å². The predicted molar refractivity (Wildman–Crippen MR) is 114 cm³/mol. The number of nitrogens with zero attached hydrogens (tertiary/aromatic N) is 3. The molecule has 1 unspecified atom stereocenters. The van der Waals surface area contributed by atoms with Gasteiger partial charge in [0.25, 0.3) is 0 Å². The van der Waals surface area contributed by atoms with Crippen LogP contribution in [0.2, 0.25) is 0 Å². The standard InChI is InChI=1S/C21H27F2N5O5/c1-13(29)24-10-16-12-28(21(31)33-16)15-8-17(22)19(18(23)9-15)27-3-2-14(11-27)25-20(30)26-4-6-32-7-5-26/h8-9,14,16H,2-7,10-12H2,1H3,(H,24,29)(H,25,30)/t14?,16-/m0/s1. The molecular formula is C21H27F2N5O5. The lowest BCUT2D eigenvalue weighted by Crippen LogP contribution is -2.49. The molecule has 33 heavy (non-hydrogen) atoms. The molecule has 3 saturated heterocycles. The lowest BCUT2D eigenvalue weighted by Gasteiger charge is -2.28. The molecule has 180 valence electrons. The van der Waals surface area contributed by atoms with Gasteiger partial charge in [-0.25, -0.2) is 18.4 Å². The molecule has 4 amide bonds. The van der Waals surface area contributed by atoms with Crippen molar-refractivity contribution in [2.24, 2.45) is 0 Å². The number of nitrogens with one attached hydrogen (secondary N) is 2. The molecule has 2 N–H and O–H groups in total.